The summed E-state index contributed by atoms with van der Waals surface area (Å²) < 4.78 is 5.68. The van der Waals surface area contributed by atoms with Crippen molar-refractivity contribution in [3.63, 3.8) is 0 Å². The normalized spacial score (nSPS) is 20.0. The number of nitrogens with zero attached hydrogens (tertiary/aromatic N) is 1. The van der Waals surface area contributed by atoms with Gasteiger partial charge in [0.05, 0.1) is 0 Å². The molecule has 142 valence electrons. The molecule has 1 fully saturated rings. The number of esters is 1. The Morgan fingerprint density at radius 2 is 1.56 bits per heavy atom. The highest BCUT2D eigenvalue weighted by Gasteiger charge is 2.54. The zero-order valence-electron chi connectivity index (χ0n) is 16.3. The van der Waals surface area contributed by atoms with Crippen molar-refractivity contribution in [2.45, 2.75) is 45.8 Å². The third-order valence-electron chi connectivity index (χ3n) is 4.86. The summed E-state index contributed by atoms with van der Waals surface area (Å²) in [7, 11) is 0. The molecule has 2 aromatic rings. The molecular weight excluding hydrogens is 338 g/mol. The van der Waals surface area contributed by atoms with Gasteiger partial charge in [-0.25, -0.2) is 0 Å². The Morgan fingerprint density at radius 3 is 2.11 bits per heavy atom. The van der Waals surface area contributed by atoms with Gasteiger partial charge in [0.15, 0.2) is 5.41 Å². The van der Waals surface area contributed by atoms with Crippen molar-refractivity contribution >= 4 is 11.9 Å². The molecule has 1 atom stereocenters. The lowest BCUT2D eigenvalue weighted by Crippen LogP contribution is -2.45. The molecule has 0 aliphatic carbocycles. The molecule has 1 aliphatic rings. The Hall–Kier alpha value is -2.62. The number of likely N-dealkylation sites (tertiary alicyclic amines) is 1. The Kier molecular flexibility index (Phi) is 5.36. The first-order valence-electron chi connectivity index (χ1n) is 9.41. The van der Waals surface area contributed by atoms with Crippen LogP contribution in [0.15, 0.2) is 60.7 Å². The van der Waals surface area contributed by atoms with Crippen LogP contribution in [0.25, 0.3) is 0 Å². The van der Waals surface area contributed by atoms with Crippen LogP contribution in [0, 0.1) is 5.41 Å². The number of amides is 1. The Balaban J connectivity index is 1.88. The molecule has 1 amide bonds. The summed E-state index contributed by atoms with van der Waals surface area (Å²) >= 11 is 0. The van der Waals surface area contributed by atoms with Gasteiger partial charge in [-0.1, -0.05) is 60.7 Å². The fourth-order valence-electron chi connectivity index (χ4n) is 3.54. The molecule has 3 rings (SSSR count). The van der Waals surface area contributed by atoms with Gasteiger partial charge >= 0.3 is 5.97 Å². The van der Waals surface area contributed by atoms with E-state index in [9.17, 15) is 9.59 Å². The van der Waals surface area contributed by atoms with Crippen molar-refractivity contribution in [3.05, 3.63) is 71.8 Å². The Morgan fingerprint density at radius 1 is 1.00 bits per heavy atom. The highest BCUT2D eigenvalue weighted by Crippen LogP contribution is 2.38. The number of carbonyl (C=O) groups is 2. The molecule has 1 heterocycles. The number of carbonyl (C=O) groups excluding carboxylic acids is 2. The number of rotatable bonds is 5. The molecule has 0 aromatic heterocycles. The quantitative estimate of drug-likeness (QED) is 0.594. The lowest BCUT2D eigenvalue weighted by molar-refractivity contribution is -0.171. The number of benzene rings is 2. The van der Waals surface area contributed by atoms with E-state index < -0.39 is 17.0 Å². The smallest absolute Gasteiger partial charge is 0.322 e. The highest BCUT2D eigenvalue weighted by atomic mass is 16.6. The van der Waals surface area contributed by atoms with Gasteiger partial charge in [0, 0.05) is 13.1 Å². The van der Waals surface area contributed by atoms with E-state index >= 15 is 0 Å². The maximum absolute atomic E-state index is 13.4. The van der Waals surface area contributed by atoms with Gasteiger partial charge in [0.2, 0.25) is 5.91 Å². The maximum Gasteiger partial charge on any atom is 0.322 e. The van der Waals surface area contributed by atoms with Crippen molar-refractivity contribution in [3.8, 4) is 0 Å². The molecule has 1 unspecified atom stereocenters. The minimum atomic E-state index is -1.15. The summed E-state index contributed by atoms with van der Waals surface area (Å²) in [5.41, 5.74) is 0.251. The molecule has 0 saturated carbocycles. The summed E-state index contributed by atoms with van der Waals surface area (Å²) in [6.45, 7) is 6.58. The Bertz CT molecular complexity index is 795. The summed E-state index contributed by atoms with van der Waals surface area (Å²) in [5.74, 6) is -0.552. The van der Waals surface area contributed by atoms with E-state index in [0.29, 0.717) is 25.9 Å². The number of hydrogen-bond donors (Lipinski definition) is 0. The average molecular weight is 365 g/mol. The predicted molar refractivity (Wildman–Crippen MR) is 105 cm³/mol. The van der Waals surface area contributed by atoms with Crippen LogP contribution in [0.1, 0.15) is 38.3 Å². The molecule has 2 aromatic carbocycles. The summed E-state index contributed by atoms with van der Waals surface area (Å²) in [6.07, 6.45) is 0.843. The second-order valence-electron chi connectivity index (χ2n) is 8.21. The standard InChI is InChI=1S/C23H27NO3/c1-22(2,3)27-21(26)23(16-18-10-6-4-7-11-18)14-15-24(20(23)25)17-19-12-8-5-9-13-19/h4-13H,14-17H2,1-3H3. The first kappa shape index (κ1) is 19.2. The minimum absolute atomic E-state index is 0.135. The molecule has 4 heteroatoms. The van der Waals surface area contributed by atoms with Gasteiger partial charge in [-0.2, -0.15) is 0 Å². The highest BCUT2D eigenvalue weighted by molar-refractivity contribution is 6.04. The first-order chi connectivity index (χ1) is 12.8. The van der Waals surface area contributed by atoms with Crippen LogP contribution >= 0.6 is 0 Å². The molecule has 4 nitrogen and oxygen atoms in total. The maximum atomic E-state index is 13.4. The molecular formula is C23H27NO3. The second kappa shape index (κ2) is 7.55. The van der Waals surface area contributed by atoms with Gasteiger partial charge in [0.25, 0.3) is 0 Å². The van der Waals surface area contributed by atoms with E-state index in [1.807, 2.05) is 81.4 Å². The van der Waals surface area contributed by atoms with Crippen LogP contribution in [0.4, 0.5) is 0 Å². The number of hydrogen-bond acceptors (Lipinski definition) is 3. The molecule has 27 heavy (non-hydrogen) atoms. The monoisotopic (exact) mass is 365 g/mol. The van der Waals surface area contributed by atoms with Crippen LogP contribution in [0.3, 0.4) is 0 Å². The summed E-state index contributed by atoms with van der Waals surface area (Å²) in [5, 5.41) is 0. The predicted octanol–water partition coefficient (Wildman–Crippen LogP) is 3.99. The van der Waals surface area contributed by atoms with Gasteiger partial charge in [0.1, 0.15) is 5.60 Å². The van der Waals surface area contributed by atoms with Gasteiger partial charge in [-0.05, 0) is 44.7 Å². The third kappa shape index (κ3) is 4.38. The van der Waals surface area contributed by atoms with Crippen LogP contribution in [0.2, 0.25) is 0 Å². The Labute approximate surface area is 161 Å². The third-order valence-corrected chi connectivity index (χ3v) is 4.86. The van der Waals surface area contributed by atoms with Crippen LogP contribution < -0.4 is 0 Å². The fourth-order valence-corrected chi connectivity index (χ4v) is 3.54. The van der Waals surface area contributed by atoms with Crippen molar-refractivity contribution in [2.24, 2.45) is 5.41 Å². The second-order valence-corrected chi connectivity index (χ2v) is 8.21. The zero-order valence-corrected chi connectivity index (χ0v) is 16.3. The minimum Gasteiger partial charge on any atom is -0.459 e. The van der Waals surface area contributed by atoms with Gasteiger partial charge in [-0.3, -0.25) is 9.59 Å². The average Bonchev–Trinajstić information content (AvgIpc) is 2.93. The topological polar surface area (TPSA) is 46.6 Å². The van der Waals surface area contributed by atoms with E-state index in [1.54, 1.807) is 4.90 Å². The lowest BCUT2D eigenvalue weighted by Gasteiger charge is -2.30. The van der Waals surface area contributed by atoms with Gasteiger partial charge < -0.3 is 9.64 Å². The van der Waals surface area contributed by atoms with E-state index in [1.165, 1.54) is 0 Å². The summed E-state index contributed by atoms with van der Waals surface area (Å²) in [6, 6.07) is 19.6. The summed E-state index contributed by atoms with van der Waals surface area (Å²) in [4.78, 5) is 28.3. The fraction of sp³-hybridized carbons (Fsp3) is 0.391. The van der Waals surface area contributed by atoms with E-state index in [0.717, 1.165) is 11.1 Å². The first-order valence-corrected chi connectivity index (χ1v) is 9.41. The molecule has 0 radical (unpaired) electrons. The van der Waals surface area contributed by atoms with Crippen LogP contribution in [0.5, 0.6) is 0 Å². The van der Waals surface area contributed by atoms with Crippen molar-refractivity contribution < 1.29 is 14.3 Å². The zero-order chi connectivity index (χ0) is 19.5. The molecule has 1 aliphatic heterocycles. The van der Waals surface area contributed by atoms with E-state index in [4.69, 9.17) is 4.74 Å². The van der Waals surface area contributed by atoms with E-state index in [2.05, 4.69) is 0 Å². The SMILES string of the molecule is CC(C)(C)OC(=O)C1(Cc2ccccc2)CCN(Cc2ccccc2)C1=O. The van der Waals surface area contributed by atoms with E-state index in [-0.39, 0.29) is 5.91 Å². The van der Waals surface area contributed by atoms with Crippen LogP contribution in [-0.2, 0) is 27.3 Å². The van der Waals surface area contributed by atoms with Crippen molar-refractivity contribution in [1.82, 2.24) is 4.90 Å². The molecule has 0 spiro atoms. The van der Waals surface area contributed by atoms with Crippen molar-refractivity contribution in [2.75, 3.05) is 6.54 Å². The molecule has 0 N–H and O–H groups in total. The lowest BCUT2D eigenvalue weighted by atomic mass is 9.80. The molecule has 1 saturated heterocycles. The number of ether oxygens (including phenoxy) is 1. The van der Waals surface area contributed by atoms with Crippen LogP contribution in [-0.4, -0.2) is 28.9 Å². The van der Waals surface area contributed by atoms with Crippen molar-refractivity contribution in [1.29, 1.82) is 0 Å². The van der Waals surface area contributed by atoms with Gasteiger partial charge in [-0.15, -0.1) is 0 Å². The molecule has 0 bridgehead atoms. The largest absolute Gasteiger partial charge is 0.459 e.